The van der Waals surface area contributed by atoms with Gasteiger partial charge in [0, 0.05) is 10.9 Å². The van der Waals surface area contributed by atoms with Gasteiger partial charge in [0.25, 0.3) is 0 Å². The molecule has 0 spiro atoms. The van der Waals surface area contributed by atoms with Crippen LogP contribution in [0.2, 0.25) is 0 Å². The van der Waals surface area contributed by atoms with E-state index in [1.807, 2.05) is 0 Å². The zero-order valence-corrected chi connectivity index (χ0v) is 16.0. The molecular weight excluding hydrogens is 340 g/mol. The quantitative estimate of drug-likeness (QED) is 0.318. The fourth-order valence-electron chi connectivity index (χ4n) is 2.31. The van der Waals surface area contributed by atoms with E-state index in [1.165, 1.54) is 24.0 Å². The summed E-state index contributed by atoms with van der Waals surface area (Å²) in [6.45, 7) is 8.16. The third-order valence-electron chi connectivity index (χ3n) is 3.73. The van der Waals surface area contributed by atoms with E-state index >= 15 is 0 Å². The zero-order chi connectivity index (χ0) is 16.2. The average Bonchev–Trinajstić information content (AvgIpc) is 2.54. The maximum Gasteiger partial charge on any atom is 0.130 e. The molecule has 0 aliphatic rings. The molecule has 0 amide bonds. The summed E-state index contributed by atoms with van der Waals surface area (Å²) < 4.78 is 12.1. The van der Waals surface area contributed by atoms with Crippen molar-refractivity contribution in [2.75, 3.05) is 13.2 Å². The van der Waals surface area contributed by atoms with Gasteiger partial charge in [0.2, 0.25) is 0 Å². The van der Waals surface area contributed by atoms with Crippen molar-refractivity contribution in [3.8, 4) is 11.5 Å². The van der Waals surface area contributed by atoms with Crippen LogP contribution in [0, 0.1) is 0 Å². The molecule has 126 valence electrons. The van der Waals surface area contributed by atoms with E-state index in [9.17, 15) is 0 Å². The van der Waals surface area contributed by atoms with Gasteiger partial charge in [-0.3, -0.25) is 0 Å². The van der Waals surface area contributed by atoms with Gasteiger partial charge < -0.3 is 9.47 Å². The van der Waals surface area contributed by atoms with Crippen LogP contribution in [0.3, 0.4) is 0 Å². The molecule has 0 heterocycles. The van der Waals surface area contributed by atoms with Crippen LogP contribution in [-0.2, 0) is 11.8 Å². The highest BCUT2D eigenvalue weighted by molar-refractivity contribution is 9.08. The minimum absolute atomic E-state index is 0.774. The number of benzene rings is 1. The Kier molecular flexibility index (Phi) is 10.4. The summed E-state index contributed by atoms with van der Waals surface area (Å²) in [5.74, 6) is 2.02. The summed E-state index contributed by atoms with van der Waals surface area (Å²) in [7, 11) is 0. The van der Waals surface area contributed by atoms with E-state index in [4.69, 9.17) is 9.47 Å². The van der Waals surface area contributed by atoms with Crippen LogP contribution in [0.1, 0.15) is 70.4 Å². The van der Waals surface area contributed by atoms with E-state index < -0.39 is 0 Å². The summed E-state index contributed by atoms with van der Waals surface area (Å²) in [5, 5.41) is 0.774. The largest absolute Gasteiger partial charge is 0.493 e. The van der Waals surface area contributed by atoms with Gasteiger partial charge in [0.1, 0.15) is 11.5 Å². The minimum Gasteiger partial charge on any atom is -0.493 e. The number of rotatable bonds is 12. The number of ether oxygens (including phenoxy) is 2. The van der Waals surface area contributed by atoms with Crippen molar-refractivity contribution in [2.24, 2.45) is 0 Å². The van der Waals surface area contributed by atoms with Gasteiger partial charge in [-0.1, -0.05) is 62.0 Å². The second kappa shape index (κ2) is 11.8. The van der Waals surface area contributed by atoms with Gasteiger partial charge in [0.15, 0.2) is 0 Å². The molecule has 0 atom stereocenters. The zero-order valence-electron chi connectivity index (χ0n) is 14.4. The number of alkyl halides is 1. The van der Waals surface area contributed by atoms with Crippen molar-refractivity contribution in [2.45, 2.75) is 71.0 Å². The van der Waals surface area contributed by atoms with Crippen molar-refractivity contribution < 1.29 is 9.47 Å². The lowest BCUT2D eigenvalue weighted by atomic mass is 10.0. The fraction of sp³-hybridized carbons (Fsp3) is 0.684. The molecule has 3 heteroatoms. The van der Waals surface area contributed by atoms with E-state index in [1.54, 1.807) is 0 Å². The van der Waals surface area contributed by atoms with Gasteiger partial charge >= 0.3 is 0 Å². The van der Waals surface area contributed by atoms with Crippen molar-refractivity contribution in [3.63, 3.8) is 0 Å². The van der Waals surface area contributed by atoms with Gasteiger partial charge in [-0.25, -0.2) is 0 Å². The van der Waals surface area contributed by atoms with Crippen molar-refractivity contribution in [3.05, 3.63) is 23.3 Å². The molecular formula is C19H31BrO2. The summed E-state index contributed by atoms with van der Waals surface area (Å²) >= 11 is 3.62. The SMILES string of the molecule is CCCCOc1ccc(CCCC)c(OCCCC)c1CBr. The number of hydrogen-bond donors (Lipinski definition) is 0. The average molecular weight is 371 g/mol. The predicted octanol–water partition coefficient (Wildman–Crippen LogP) is 6.28. The highest BCUT2D eigenvalue weighted by Crippen LogP contribution is 2.35. The Morgan fingerprint density at radius 1 is 0.864 bits per heavy atom. The highest BCUT2D eigenvalue weighted by Gasteiger charge is 2.15. The van der Waals surface area contributed by atoms with E-state index in [2.05, 4.69) is 48.8 Å². The van der Waals surface area contributed by atoms with Gasteiger partial charge in [-0.05, 0) is 37.3 Å². The maximum atomic E-state index is 6.13. The number of hydrogen-bond acceptors (Lipinski definition) is 2. The Morgan fingerprint density at radius 2 is 1.50 bits per heavy atom. The normalized spacial score (nSPS) is 10.7. The molecule has 0 aromatic heterocycles. The van der Waals surface area contributed by atoms with Crippen LogP contribution < -0.4 is 9.47 Å². The highest BCUT2D eigenvalue weighted by atomic mass is 79.9. The molecule has 0 N–H and O–H groups in total. The first-order valence-electron chi connectivity index (χ1n) is 8.74. The van der Waals surface area contributed by atoms with E-state index in [0.717, 1.165) is 62.1 Å². The van der Waals surface area contributed by atoms with Crippen LogP contribution in [0.5, 0.6) is 11.5 Å². The van der Waals surface area contributed by atoms with Gasteiger partial charge in [0.05, 0.1) is 13.2 Å². The first kappa shape index (κ1) is 19.3. The van der Waals surface area contributed by atoms with Crippen molar-refractivity contribution >= 4 is 15.9 Å². The predicted molar refractivity (Wildman–Crippen MR) is 98.5 cm³/mol. The smallest absolute Gasteiger partial charge is 0.130 e. The third-order valence-corrected chi connectivity index (χ3v) is 4.29. The van der Waals surface area contributed by atoms with Crippen LogP contribution >= 0.6 is 15.9 Å². The minimum atomic E-state index is 0.774. The fourth-order valence-corrected chi connectivity index (χ4v) is 2.84. The Morgan fingerprint density at radius 3 is 2.09 bits per heavy atom. The Labute approximate surface area is 144 Å². The second-order valence-electron chi connectivity index (χ2n) is 5.67. The monoisotopic (exact) mass is 370 g/mol. The molecule has 1 rings (SSSR count). The molecule has 0 aliphatic carbocycles. The molecule has 0 unspecified atom stereocenters. The molecule has 0 aliphatic heterocycles. The molecule has 0 radical (unpaired) electrons. The van der Waals surface area contributed by atoms with Crippen molar-refractivity contribution in [1.82, 2.24) is 0 Å². The van der Waals surface area contributed by atoms with E-state index in [-0.39, 0.29) is 0 Å². The molecule has 1 aromatic carbocycles. The molecule has 0 fully saturated rings. The number of halogens is 1. The van der Waals surface area contributed by atoms with Crippen molar-refractivity contribution in [1.29, 1.82) is 0 Å². The molecule has 2 nitrogen and oxygen atoms in total. The second-order valence-corrected chi connectivity index (χ2v) is 6.23. The van der Waals surface area contributed by atoms with Crippen LogP contribution in [-0.4, -0.2) is 13.2 Å². The van der Waals surface area contributed by atoms with Gasteiger partial charge in [-0.15, -0.1) is 0 Å². The summed E-state index contributed by atoms with van der Waals surface area (Å²) in [6, 6.07) is 4.30. The van der Waals surface area contributed by atoms with E-state index in [0.29, 0.717) is 0 Å². The van der Waals surface area contributed by atoms with Crippen LogP contribution in [0.4, 0.5) is 0 Å². The Balaban J connectivity index is 2.96. The van der Waals surface area contributed by atoms with Gasteiger partial charge in [-0.2, -0.15) is 0 Å². The molecule has 22 heavy (non-hydrogen) atoms. The molecule has 0 bridgehead atoms. The lowest BCUT2D eigenvalue weighted by Crippen LogP contribution is -2.06. The summed E-state index contributed by atoms with van der Waals surface area (Å²) in [4.78, 5) is 0. The number of unbranched alkanes of at least 4 members (excludes halogenated alkanes) is 3. The summed E-state index contributed by atoms with van der Waals surface area (Å²) in [6.07, 6.45) is 7.96. The van der Waals surface area contributed by atoms with Crippen LogP contribution in [0.15, 0.2) is 12.1 Å². The molecule has 0 saturated heterocycles. The lowest BCUT2D eigenvalue weighted by Gasteiger charge is -2.18. The summed E-state index contributed by atoms with van der Waals surface area (Å²) in [5.41, 5.74) is 2.48. The topological polar surface area (TPSA) is 18.5 Å². The third kappa shape index (κ3) is 6.20. The Bertz CT molecular complexity index is 418. The standard InChI is InChI=1S/C19H31BrO2/c1-4-7-10-16-11-12-18(21-13-8-5-2)17(15-20)19(16)22-14-9-6-3/h11-12H,4-10,13-15H2,1-3H3. The first-order chi connectivity index (χ1) is 10.8. The first-order valence-corrected chi connectivity index (χ1v) is 9.86. The maximum absolute atomic E-state index is 6.13. The molecule has 0 saturated carbocycles. The number of aryl methyl sites for hydroxylation is 1. The Hall–Kier alpha value is -0.700. The molecule has 1 aromatic rings. The lowest BCUT2D eigenvalue weighted by molar-refractivity contribution is 0.288. The van der Waals surface area contributed by atoms with Crippen LogP contribution in [0.25, 0.3) is 0 Å².